The number of likely N-dealkylation sites (tertiary alicyclic amines) is 1. The van der Waals surface area contributed by atoms with Crippen LogP contribution in [-0.2, 0) is 4.74 Å². The van der Waals surface area contributed by atoms with E-state index in [9.17, 15) is 4.79 Å². The number of piperazine rings is 1. The van der Waals surface area contributed by atoms with E-state index >= 15 is 0 Å². The van der Waals surface area contributed by atoms with Crippen molar-refractivity contribution in [3.63, 3.8) is 0 Å². The fourth-order valence-electron chi connectivity index (χ4n) is 4.25. The lowest BCUT2D eigenvalue weighted by Crippen LogP contribution is -2.54. The summed E-state index contributed by atoms with van der Waals surface area (Å²) in [6, 6.07) is 4.88. The predicted molar refractivity (Wildman–Crippen MR) is 129 cm³/mol. The van der Waals surface area contributed by atoms with Crippen molar-refractivity contribution in [1.29, 1.82) is 0 Å². The number of hydrogen-bond donors (Lipinski definition) is 1. The Kier molecular flexibility index (Phi) is 9.97. The van der Waals surface area contributed by atoms with E-state index in [0.717, 1.165) is 32.1 Å². The molecule has 2 aliphatic heterocycles. The Balaban J connectivity index is 0.00000300. The number of thiophene rings is 1. The van der Waals surface area contributed by atoms with Crippen molar-refractivity contribution in [1.82, 2.24) is 20.0 Å². The Bertz CT molecular complexity index is 649. The molecule has 2 fully saturated rings. The second kappa shape index (κ2) is 11.9. The van der Waals surface area contributed by atoms with E-state index in [0.29, 0.717) is 31.7 Å². The summed E-state index contributed by atoms with van der Waals surface area (Å²) in [6.45, 7) is 7.22. The molecule has 1 amide bonds. The lowest BCUT2D eigenvalue weighted by atomic mass is 9.88. The van der Waals surface area contributed by atoms with E-state index in [1.54, 1.807) is 4.90 Å². The summed E-state index contributed by atoms with van der Waals surface area (Å²) < 4.78 is 5.11. The van der Waals surface area contributed by atoms with Gasteiger partial charge in [0, 0.05) is 50.7 Å². The highest BCUT2D eigenvalue weighted by Gasteiger charge is 2.32. The van der Waals surface area contributed by atoms with Crippen molar-refractivity contribution >= 4 is 47.4 Å². The molecule has 0 bridgehead atoms. The summed E-state index contributed by atoms with van der Waals surface area (Å²) in [6.07, 6.45) is 2.25. The summed E-state index contributed by atoms with van der Waals surface area (Å²) >= 11 is 1.85. The van der Waals surface area contributed by atoms with E-state index < -0.39 is 0 Å². The molecule has 1 aromatic rings. The zero-order chi connectivity index (χ0) is 19.9. The van der Waals surface area contributed by atoms with E-state index in [-0.39, 0.29) is 30.1 Å². The predicted octanol–water partition coefficient (Wildman–Crippen LogP) is 3.10. The van der Waals surface area contributed by atoms with Crippen LogP contribution in [0.4, 0.5) is 4.79 Å². The minimum atomic E-state index is -0.214. The van der Waals surface area contributed by atoms with Gasteiger partial charge in [0.15, 0.2) is 5.96 Å². The van der Waals surface area contributed by atoms with Gasteiger partial charge in [0.05, 0.1) is 6.61 Å². The fourth-order valence-corrected chi connectivity index (χ4v) is 5.24. The Labute approximate surface area is 195 Å². The van der Waals surface area contributed by atoms with Gasteiger partial charge in [-0.2, -0.15) is 0 Å². The lowest BCUT2D eigenvalue weighted by Gasteiger charge is -2.40. The average molecular weight is 535 g/mol. The zero-order valence-electron chi connectivity index (χ0n) is 17.7. The first-order valence-corrected chi connectivity index (χ1v) is 11.1. The van der Waals surface area contributed by atoms with Crippen LogP contribution in [0.5, 0.6) is 0 Å². The summed E-state index contributed by atoms with van der Waals surface area (Å²) in [5.41, 5.74) is 0. The van der Waals surface area contributed by atoms with Crippen LogP contribution in [0, 0.1) is 5.92 Å². The molecule has 1 aromatic heterocycles. The Morgan fingerprint density at radius 2 is 2.00 bits per heavy atom. The Hall–Kier alpha value is -1.07. The molecule has 29 heavy (non-hydrogen) atoms. The second-order valence-electron chi connectivity index (χ2n) is 7.44. The van der Waals surface area contributed by atoms with Gasteiger partial charge in [-0.1, -0.05) is 6.07 Å². The van der Waals surface area contributed by atoms with Gasteiger partial charge < -0.3 is 19.9 Å². The third-order valence-electron chi connectivity index (χ3n) is 5.68. The maximum atomic E-state index is 11.9. The van der Waals surface area contributed by atoms with Crippen LogP contribution in [0.2, 0.25) is 0 Å². The van der Waals surface area contributed by atoms with Crippen LogP contribution in [-0.4, -0.2) is 86.7 Å². The highest BCUT2D eigenvalue weighted by atomic mass is 127. The van der Waals surface area contributed by atoms with Gasteiger partial charge in [0.2, 0.25) is 0 Å². The maximum absolute atomic E-state index is 11.9. The molecular formula is C20H34IN5O2S. The average Bonchev–Trinajstić information content (AvgIpc) is 3.23. The molecule has 0 spiro atoms. The Morgan fingerprint density at radius 3 is 2.62 bits per heavy atom. The molecule has 9 heteroatoms. The number of piperidine rings is 1. The van der Waals surface area contributed by atoms with E-state index in [1.807, 2.05) is 25.3 Å². The summed E-state index contributed by atoms with van der Waals surface area (Å²) in [7, 11) is 4.07. The van der Waals surface area contributed by atoms with E-state index in [4.69, 9.17) is 4.74 Å². The number of carbonyl (C=O) groups excluding carboxylic acids is 1. The molecule has 2 aliphatic rings. The topological polar surface area (TPSA) is 60.4 Å². The van der Waals surface area contributed by atoms with E-state index in [1.165, 1.54) is 17.7 Å². The summed E-state index contributed by atoms with van der Waals surface area (Å²) in [5.74, 6) is 1.50. The zero-order valence-corrected chi connectivity index (χ0v) is 20.8. The van der Waals surface area contributed by atoms with Gasteiger partial charge in [-0.15, -0.1) is 35.3 Å². The number of nitrogens with one attached hydrogen (secondary N) is 1. The number of nitrogens with zero attached hydrogens (tertiary/aromatic N) is 4. The number of hydrogen-bond acceptors (Lipinski definition) is 5. The van der Waals surface area contributed by atoms with Crippen molar-refractivity contribution in [2.75, 3.05) is 60.0 Å². The molecule has 7 nitrogen and oxygen atoms in total. The standard InChI is InChI=1S/C20H33N5O2S.HI/c1-4-27-20(26)25-12-10-24(11-13-25)19(21-2)22-15-16-7-5-9-23(3)18(16)17-8-6-14-28-17;/h6,8,14,16,18H,4-5,7,9-13,15H2,1-3H3,(H,21,22);1H. The SMILES string of the molecule is CCOC(=O)N1CCN(C(=NC)NCC2CCCN(C)C2c2cccs2)CC1.I. The Morgan fingerprint density at radius 1 is 1.28 bits per heavy atom. The molecule has 2 saturated heterocycles. The minimum absolute atomic E-state index is 0. The smallest absolute Gasteiger partial charge is 0.409 e. The molecule has 0 aromatic carbocycles. The van der Waals surface area contributed by atoms with Crippen LogP contribution < -0.4 is 5.32 Å². The van der Waals surface area contributed by atoms with Gasteiger partial charge in [-0.3, -0.25) is 9.89 Å². The summed E-state index contributed by atoms with van der Waals surface area (Å²) in [5, 5.41) is 5.78. The van der Waals surface area contributed by atoms with Crippen molar-refractivity contribution in [3.05, 3.63) is 22.4 Å². The second-order valence-corrected chi connectivity index (χ2v) is 8.42. The van der Waals surface area contributed by atoms with Gasteiger partial charge in [0.25, 0.3) is 0 Å². The molecule has 2 unspecified atom stereocenters. The highest BCUT2D eigenvalue weighted by Crippen LogP contribution is 2.36. The molecule has 164 valence electrons. The number of rotatable bonds is 4. The van der Waals surface area contributed by atoms with E-state index in [2.05, 4.69) is 44.7 Å². The molecule has 2 atom stereocenters. The number of halogens is 1. The van der Waals surface area contributed by atoms with Crippen molar-refractivity contribution in [2.24, 2.45) is 10.9 Å². The van der Waals surface area contributed by atoms with Crippen LogP contribution in [0.25, 0.3) is 0 Å². The third kappa shape index (κ3) is 6.21. The first-order chi connectivity index (χ1) is 13.6. The number of guanidine groups is 1. The van der Waals surface area contributed by atoms with Gasteiger partial charge in [-0.25, -0.2) is 4.79 Å². The summed E-state index contributed by atoms with van der Waals surface area (Å²) in [4.78, 5) is 24.3. The van der Waals surface area contributed by atoms with Crippen molar-refractivity contribution in [3.8, 4) is 0 Å². The molecule has 1 N–H and O–H groups in total. The number of ether oxygens (including phenoxy) is 1. The molecule has 0 radical (unpaired) electrons. The molecule has 3 heterocycles. The first kappa shape index (κ1) is 24.2. The number of carbonyl (C=O) groups is 1. The molecule has 0 aliphatic carbocycles. The quantitative estimate of drug-likeness (QED) is 0.365. The highest BCUT2D eigenvalue weighted by molar-refractivity contribution is 14.0. The van der Waals surface area contributed by atoms with Crippen LogP contribution in [0.3, 0.4) is 0 Å². The van der Waals surface area contributed by atoms with Crippen molar-refractivity contribution < 1.29 is 9.53 Å². The molecular weight excluding hydrogens is 501 g/mol. The van der Waals surface area contributed by atoms with Gasteiger partial charge in [0.1, 0.15) is 0 Å². The number of aliphatic imine (C=N–C) groups is 1. The van der Waals surface area contributed by atoms with Crippen LogP contribution in [0.1, 0.15) is 30.7 Å². The van der Waals surface area contributed by atoms with Crippen LogP contribution in [0.15, 0.2) is 22.5 Å². The first-order valence-electron chi connectivity index (χ1n) is 10.2. The molecule has 3 rings (SSSR count). The van der Waals surface area contributed by atoms with Gasteiger partial charge >= 0.3 is 6.09 Å². The minimum Gasteiger partial charge on any atom is -0.450 e. The monoisotopic (exact) mass is 535 g/mol. The van der Waals surface area contributed by atoms with Crippen LogP contribution >= 0.6 is 35.3 Å². The normalized spacial score (nSPS) is 23.5. The molecule has 0 saturated carbocycles. The lowest BCUT2D eigenvalue weighted by molar-refractivity contribution is 0.0910. The van der Waals surface area contributed by atoms with Crippen molar-refractivity contribution in [2.45, 2.75) is 25.8 Å². The number of amides is 1. The van der Waals surface area contributed by atoms with Gasteiger partial charge in [-0.05, 0) is 50.7 Å². The largest absolute Gasteiger partial charge is 0.450 e. The third-order valence-corrected chi connectivity index (χ3v) is 6.62. The fraction of sp³-hybridized carbons (Fsp3) is 0.700. The maximum Gasteiger partial charge on any atom is 0.409 e.